The molecule has 0 aliphatic carbocycles. The van der Waals surface area contributed by atoms with Gasteiger partial charge in [-0.3, -0.25) is 0 Å². The summed E-state index contributed by atoms with van der Waals surface area (Å²) in [4.78, 5) is 10.2. The molecule has 3 nitrogen and oxygen atoms in total. The van der Waals surface area contributed by atoms with Crippen LogP contribution in [0.25, 0.3) is 0 Å². The fraction of sp³-hybridized carbons (Fsp3) is 0.167. The van der Waals surface area contributed by atoms with Crippen molar-refractivity contribution < 1.29 is 15.0 Å². The lowest BCUT2D eigenvalue weighted by Crippen LogP contribution is -2.16. The third-order valence-electron chi connectivity index (χ3n) is 1.93. The molecular formula is C12H12O3. The third-order valence-corrected chi connectivity index (χ3v) is 1.93. The summed E-state index contributed by atoms with van der Waals surface area (Å²) in [5.74, 6) is -1.09. The Bertz CT molecular complexity index is 398. The zero-order valence-corrected chi connectivity index (χ0v) is 8.34. The van der Waals surface area contributed by atoms with Gasteiger partial charge in [-0.1, -0.05) is 30.3 Å². The van der Waals surface area contributed by atoms with Crippen molar-refractivity contribution in [2.45, 2.75) is 12.5 Å². The zero-order chi connectivity index (χ0) is 11.3. The van der Waals surface area contributed by atoms with Gasteiger partial charge in [0, 0.05) is 0 Å². The molecule has 15 heavy (non-hydrogen) atoms. The Hall–Kier alpha value is -1.83. The van der Waals surface area contributed by atoms with E-state index in [0.717, 1.165) is 6.08 Å². The molecule has 0 radical (unpaired) electrons. The van der Waals surface area contributed by atoms with Crippen molar-refractivity contribution in [3.8, 4) is 0 Å². The van der Waals surface area contributed by atoms with Gasteiger partial charge in [-0.15, -0.1) is 5.73 Å². The Labute approximate surface area is 88.0 Å². The summed E-state index contributed by atoms with van der Waals surface area (Å²) < 4.78 is 0. The van der Waals surface area contributed by atoms with Crippen LogP contribution >= 0.6 is 0 Å². The maximum absolute atomic E-state index is 10.2. The summed E-state index contributed by atoms with van der Waals surface area (Å²) in [6.45, 7) is 1.57. The summed E-state index contributed by atoms with van der Waals surface area (Å²) >= 11 is 0. The predicted octanol–water partition coefficient (Wildman–Crippen LogP) is 1.69. The minimum Gasteiger partial charge on any atom is -0.478 e. The number of aliphatic hydroxyl groups is 1. The molecule has 1 rings (SSSR count). The Balaban J connectivity index is 2.94. The second kappa shape index (κ2) is 4.60. The van der Waals surface area contributed by atoms with Crippen LogP contribution in [-0.2, 0) is 10.4 Å². The summed E-state index contributed by atoms with van der Waals surface area (Å²) in [5.41, 5.74) is 1.91. The standard InChI is InChI=1S/C12H12O3/c1-12(15,9-5-8-11(13)14)10-6-3-2-4-7-10/h2-4,6-9,15H,1H3,(H,13,14). The minimum atomic E-state index is -1.20. The number of rotatable bonds is 3. The van der Waals surface area contributed by atoms with E-state index < -0.39 is 11.6 Å². The Kier molecular flexibility index (Phi) is 3.45. The number of carbonyl (C=O) groups is 1. The monoisotopic (exact) mass is 204 g/mol. The molecule has 0 fully saturated rings. The van der Waals surface area contributed by atoms with Crippen molar-refractivity contribution in [2.24, 2.45) is 0 Å². The van der Waals surface area contributed by atoms with Crippen LogP contribution in [0.15, 0.2) is 48.2 Å². The maximum atomic E-state index is 10.2. The molecule has 78 valence electrons. The van der Waals surface area contributed by atoms with E-state index >= 15 is 0 Å². The van der Waals surface area contributed by atoms with Crippen LogP contribution in [0.5, 0.6) is 0 Å². The average Bonchev–Trinajstić information content (AvgIpc) is 2.18. The fourth-order valence-electron chi connectivity index (χ4n) is 1.13. The van der Waals surface area contributed by atoms with Crippen LogP contribution in [0.1, 0.15) is 12.5 Å². The second-order valence-electron chi connectivity index (χ2n) is 3.31. The van der Waals surface area contributed by atoms with Gasteiger partial charge < -0.3 is 10.2 Å². The van der Waals surface area contributed by atoms with Crippen molar-refractivity contribution >= 4 is 5.97 Å². The molecule has 0 aliphatic rings. The highest BCUT2D eigenvalue weighted by Gasteiger charge is 2.18. The molecule has 0 heterocycles. The molecular weight excluding hydrogens is 192 g/mol. The number of carboxylic acids is 1. The molecule has 2 N–H and O–H groups in total. The van der Waals surface area contributed by atoms with Crippen LogP contribution < -0.4 is 0 Å². The van der Waals surface area contributed by atoms with Crippen LogP contribution in [0.4, 0.5) is 0 Å². The number of benzene rings is 1. The van der Waals surface area contributed by atoms with E-state index in [4.69, 9.17) is 5.11 Å². The van der Waals surface area contributed by atoms with Gasteiger partial charge in [0.05, 0.1) is 6.08 Å². The first-order valence-electron chi connectivity index (χ1n) is 4.47. The summed E-state index contributed by atoms with van der Waals surface area (Å²) in [6.07, 6.45) is 2.17. The molecule has 1 atom stereocenters. The van der Waals surface area contributed by atoms with Gasteiger partial charge in [0.1, 0.15) is 5.60 Å². The topological polar surface area (TPSA) is 57.5 Å². The first-order chi connectivity index (χ1) is 7.02. The molecule has 0 spiro atoms. The highest BCUT2D eigenvalue weighted by atomic mass is 16.4. The Morgan fingerprint density at radius 2 is 2.00 bits per heavy atom. The van der Waals surface area contributed by atoms with Gasteiger partial charge >= 0.3 is 5.97 Å². The molecule has 0 saturated carbocycles. The lowest BCUT2D eigenvalue weighted by atomic mass is 9.96. The van der Waals surface area contributed by atoms with Gasteiger partial charge in [0.25, 0.3) is 0 Å². The van der Waals surface area contributed by atoms with E-state index in [-0.39, 0.29) is 0 Å². The lowest BCUT2D eigenvalue weighted by molar-refractivity contribution is -0.131. The van der Waals surface area contributed by atoms with Crippen molar-refractivity contribution in [1.82, 2.24) is 0 Å². The molecule has 0 saturated heterocycles. The molecule has 0 aliphatic heterocycles. The van der Waals surface area contributed by atoms with Crippen LogP contribution in [0, 0.1) is 0 Å². The van der Waals surface area contributed by atoms with E-state index in [9.17, 15) is 9.90 Å². The van der Waals surface area contributed by atoms with Crippen molar-refractivity contribution in [3.05, 3.63) is 53.8 Å². The third kappa shape index (κ3) is 3.43. The van der Waals surface area contributed by atoms with Gasteiger partial charge in [-0.25, -0.2) is 4.79 Å². The fourth-order valence-corrected chi connectivity index (χ4v) is 1.13. The van der Waals surface area contributed by atoms with E-state index in [1.54, 1.807) is 31.2 Å². The Morgan fingerprint density at radius 1 is 1.40 bits per heavy atom. The van der Waals surface area contributed by atoms with Gasteiger partial charge in [0.15, 0.2) is 0 Å². The second-order valence-corrected chi connectivity index (χ2v) is 3.31. The lowest BCUT2D eigenvalue weighted by Gasteiger charge is -2.17. The first-order valence-corrected chi connectivity index (χ1v) is 4.47. The van der Waals surface area contributed by atoms with Crippen molar-refractivity contribution in [2.75, 3.05) is 0 Å². The van der Waals surface area contributed by atoms with Crippen molar-refractivity contribution in [1.29, 1.82) is 0 Å². The number of carboxylic acid groups (broad SMARTS) is 1. The van der Waals surface area contributed by atoms with E-state index in [0.29, 0.717) is 5.56 Å². The number of hydrogen-bond donors (Lipinski definition) is 2. The van der Waals surface area contributed by atoms with Crippen molar-refractivity contribution in [3.63, 3.8) is 0 Å². The Morgan fingerprint density at radius 3 is 2.53 bits per heavy atom. The number of aliphatic carboxylic acids is 1. The summed E-state index contributed by atoms with van der Waals surface area (Å²) in [5, 5.41) is 18.3. The molecule has 1 unspecified atom stereocenters. The quantitative estimate of drug-likeness (QED) is 0.582. The average molecular weight is 204 g/mol. The van der Waals surface area contributed by atoms with Gasteiger partial charge in [0.2, 0.25) is 0 Å². The molecule has 3 heteroatoms. The summed E-state index contributed by atoms with van der Waals surface area (Å²) in [6, 6.07) is 8.98. The van der Waals surface area contributed by atoms with Gasteiger partial charge in [-0.05, 0) is 18.6 Å². The smallest absolute Gasteiger partial charge is 0.336 e. The minimum absolute atomic E-state index is 0.691. The van der Waals surface area contributed by atoms with E-state index in [2.05, 4.69) is 5.73 Å². The highest BCUT2D eigenvalue weighted by molar-refractivity contribution is 5.79. The van der Waals surface area contributed by atoms with Crippen LogP contribution in [0.3, 0.4) is 0 Å². The molecule has 0 bridgehead atoms. The maximum Gasteiger partial charge on any atom is 0.336 e. The normalized spacial score (nSPS) is 13.5. The first kappa shape index (κ1) is 11.2. The molecule has 1 aromatic rings. The predicted molar refractivity (Wildman–Crippen MR) is 56.3 cm³/mol. The number of hydrogen-bond acceptors (Lipinski definition) is 2. The largest absolute Gasteiger partial charge is 0.478 e. The molecule has 0 amide bonds. The highest BCUT2D eigenvalue weighted by Crippen LogP contribution is 2.20. The van der Waals surface area contributed by atoms with Crippen LogP contribution in [0.2, 0.25) is 0 Å². The van der Waals surface area contributed by atoms with Crippen LogP contribution in [-0.4, -0.2) is 16.2 Å². The zero-order valence-electron chi connectivity index (χ0n) is 8.34. The molecule has 1 aromatic carbocycles. The SMILES string of the molecule is CC(O)(C=C=CC(=O)O)c1ccccc1. The van der Waals surface area contributed by atoms with E-state index in [1.807, 2.05) is 6.07 Å². The van der Waals surface area contributed by atoms with E-state index in [1.165, 1.54) is 6.08 Å². The van der Waals surface area contributed by atoms with Gasteiger partial charge in [-0.2, -0.15) is 0 Å². The molecule has 0 aromatic heterocycles. The summed E-state index contributed by atoms with van der Waals surface area (Å²) in [7, 11) is 0.